The normalized spacial score (nSPS) is 17.4. The minimum Gasteiger partial charge on any atom is -0.465 e. The van der Waals surface area contributed by atoms with Crippen molar-refractivity contribution in [2.45, 2.75) is 60.4 Å². The number of aliphatic hydroxyl groups excluding tert-OH is 1. The van der Waals surface area contributed by atoms with Crippen LogP contribution in [0.5, 0.6) is 0 Å². The molecule has 0 aliphatic rings. The zero-order valence-electron chi connectivity index (χ0n) is 17.3. The molecule has 0 unspecified atom stereocenters. The average Bonchev–Trinajstić information content (AvgIpc) is 2.64. The van der Waals surface area contributed by atoms with Gasteiger partial charge in [0.15, 0.2) is 0 Å². The highest BCUT2D eigenvalue weighted by atomic mass is 16.5. The van der Waals surface area contributed by atoms with Crippen molar-refractivity contribution < 1.29 is 24.2 Å². The zero-order valence-corrected chi connectivity index (χ0v) is 17.3. The number of aliphatic hydroxyl groups is 1. The van der Waals surface area contributed by atoms with E-state index in [9.17, 15) is 14.7 Å². The van der Waals surface area contributed by atoms with Crippen molar-refractivity contribution in [3.05, 3.63) is 35.9 Å². The van der Waals surface area contributed by atoms with Gasteiger partial charge in [-0.05, 0) is 26.3 Å². The Morgan fingerprint density at radius 3 is 2.26 bits per heavy atom. The van der Waals surface area contributed by atoms with Crippen molar-refractivity contribution in [2.24, 2.45) is 23.2 Å². The number of hydrogen-bond donors (Lipinski definition) is 1. The molecule has 0 spiro atoms. The molecule has 0 saturated carbocycles. The van der Waals surface area contributed by atoms with Crippen LogP contribution in [0.15, 0.2) is 30.3 Å². The fourth-order valence-electron chi connectivity index (χ4n) is 2.87. The lowest BCUT2D eigenvalue weighted by Gasteiger charge is -2.34. The second-order valence-electron chi connectivity index (χ2n) is 8.43. The van der Waals surface area contributed by atoms with E-state index in [-0.39, 0.29) is 30.5 Å². The summed E-state index contributed by atoms with van der Waals surface area (Å²) in [7, 11) is 0. The molecule has 0 saturated heterocycles. The zero-order chi connectivity index (χ0) is 20.6. The van der Waals surface area contributed by atoms with E-state index in [4.69, 9.17) is 9.47 Å². The Hall–Kier alpha value is -1.72. The summed E-state index contributed by atoms with van der Waals surface area (Å²) in [5.74, 6) is -1.20. The smallest absolute Gasteiger partial charge is 0.311 e. The van der Waals surface area contributed by atoms with Gasteiger partial charge in [-0.2, -0.15) is 0 Å². The van der Waals surface area contributed by atoms with Crippen LogP contribution in [0.25, 0.3) is 0 Å². The number of hydrogen-bond acceptors (Lipinski definition) is 5. The molecule has 0 aromatic heterocycles. The first-order valence-corrected chi connectivity index (χ1v) is 9.54. The van der Waals surface area contributed by atoms with Crippen molar-refractivity contribution in [3.8, 4) is 0 Å². The highest BCUT2D eigenvalue weighted by Gasteiger charge is 2.34. The van der Waals surface area contributed by atoms with Crippen molar-refractivity contribution >= 4 is 12.3 Å². The van der Waals surface area contributed by atoms with E-state index in [1.165, 1.54) is 0 Å². The first kappa shape index (κ1) is 23.3. The number of carbonyl (C=O) groups is 2. The van der Waals surface area contributed by atoms with E-state index < -0.39 is 17.4 Å². The van der Waals surface area contributed by atoms with Crippen LogP contribution in [0.2, 0.25) is 0 Å². The first-order chi connectivity index (χ1) is 12.6. The maximum absolute atomic E-state index is 12.1. The number of aldehydes is 1. The van der Waals surface area contributed by atoms with Crippen LogP contribution in [0.3, 0.4) is 0 Å². The number of ether oxygens (including phenoxy) is 2. The van der Waals surface area contributed by atoms with Crippen molar-refractivity contribution in [2.75, 3.05) is 6.61 Å². The van der Waals surface area contributed by atoms with Gasteiger partial charge in [0.25, 0.3) is 0 Å². The van der Waals surface area contributed by atoms with Gasteiger partial charge >= 0.3 is 5.97 Å². The fourth-order valence-corrected chi connectivity index (χ4v) is 2.87. The molecule has 5 heteroatoms. The minimum atomic E-state index is -0.830. The third-order valence-electron chi connectivity index (χ3n) is 4.75. The quantitative estimate of drug-likeness (QED) is 0.497. The topological polar surface area (TPSA) is 72.8 Å². The molecule has 1 rings (SSSR count). The summed E-state index contributed by atoms with van der Waals surface area (Å²) in [4.78, 5) is 23.1. The summed E-state index contributed by atoms with van der Waals surface area (Å²) in [5, 5.41) is 10.5. The first-order valence-electron chi connectivity index (χ1n) is 9.54. The highest BCUT2D eigenvalue weighted by molar-refractivity contribution is 5.75. The largest absolute Gasteiger partial charge is 0.465 e. The molecule has 5 atom stereocenters. The summed E-state index contributed by atoms with van der Waals surface area (Å²) in [6.45, 7) is 11.5. The Bertz CT molecular complexity index is 578. The molecular weight excluding hydrogens is 344 g/mol. The van der Waals surface area contributed by atoms with Crippen LogP contribution < -0.4 is 0 Å². The van der Waals surface area contributed by atoms with Gasteiger partial charge in [-0.15, -0.1) is 0 Å². The minimum absolute atomic E-state index is 0.136. The SMILES string of the molecule is C[C@H]([C@@H](O)[C@@H](C)C=O)[C@@H](OCc1ccccc1)[C@@H](C)COC(=O)C(C)(C)C. The Labute approximate surface area is 163 Å². The van der Waals surface area contributed by atoms with E-state index in [0.717, 1.165) is 11.8 Å². The summed E-state index contributed by atoms with van der Waals surface area (Å²) in [6.07, 6.45) is -0.445. The highest BCUT2D eigenvalue weighted by Crippen LogP contribution is 2.26. The van der Waals surface area contributed by atoms with Crippen LogP contribution in [0.4, 0.5) is 0 Å². The monoisotopic (exact) mass is 378 g/mol. The van der Waals surface area contributed by atoms with Gasteiger partial charge in [0.1, 0.15) is 6.29 Å². The summed E-state index contributed by atoms with van der Waals surface area (Å²) in [6, 6.07) is 9.75. The van der Waals surface area contributed by atoms with Crippen LogP contribution in [-0.4, -0.2) is 36.2 Å². The van der Waals surface area contributed by atoms with E-state index in [1.807, 2.05) is 65.0 Å². The second-order valence-corrected chi connectivity index (χ2v) is 8.43. The molecule has 0 aliphatic carbocycles. The van der Waals surface area contributed by atoms with Gasteiger partial charge in [-0.1, -0.05) is 51.1 Å². The predicted octanol–water partition coefficient (Wildman–Crippen LogP) is 3.63. The van der Waals surface area contributed by atoms with Gasteiger partial charge in [0.05, 0.1) is 30.8 Å². The predicted molar refractivity (Wildman–Crippen MR) is 105 cm³/mol. The number of esters is 1. The molecular formula is C22H34O5. The molecule has 152 valence electrons. The van der Waals surface area contributed by atoms with Crippen LogP contribution >= 0.6 is 0 Å². The Morgan fingerprint density at radius 1 is 1.15 bits per heavy atom. The lowest BCUT2D eigenvalue weighted by Crippen LogP contribution is -2.41. The van der Waals surface area contributed by atoms with E-state index >= 15 is 0 Å². The molecule has 1 N–H and O–H groups in total. The van der Waals surface area contributed by atoms with Crippen LogP contribution in [-0.2, 0) is 25.7 Å². The maximum Gasteiger partial charge on any atom is 0.311 e. The van der Waals surface area contributed by atoms with Gasteiger partial charge in [0, 0.05) is 17.8 Å². The third kappa shape index (κ3) is 7.43. The molecule has 0 heterocycles. The van der Waals surface area contributed by atoms with Crippen LogP contribution in [0.1, 0.15) is 47.1 Å². The number of benzene rings is 1. The number of carbonyl (C=O) groups excluding carboxylic acids is 2. The molecule has 0 fully saturated rings. The van der Waals surface area contributed by atoms with E-state index in [1.54, 1.807) is 6.92 Å². The van der Waals surface area contributed by atoms with Crippen molar-refractivity contribution in [1.29, 1.82) is 0 Å². The van der Waals surface area contributed by atoms with E-state index in [0.29, 0.717) is 6.61 Å². The van der Waals surface area contributed by atoms with Crippen molar-refractivity contribution in [1.82, 2.24) is 0 Å². The summed E-state index contributed by atoms with van der Waals surface area (Å²) < 4.78 is 11.6. The van der Waals surface area contributed by atoms with Gasteiger partial charge in [-0.3, -0.25) is 4.79 Å². The Morgan fingerprint density at radius 2 is 1.74 bits per heavy atom. The molecule has 0 radical (unpaired) electrons. The van der Waals surface area contributed by atoms with Gasteiger partial charge < -0.3 is 19.4 Å². The molecule has 0 aliphatic heterocycles. The van der Waals surface area contributed by atoms with Gasteiger partial charge in [0.2, 0.25) is 0 Å². The lowest BCUT2D eigenvalue weighted by molar-refractivity contribution is -0.157. The second kappa shape index (κ2) is 10.6. The lowest BCUT2D eigenvalue weighted by atomic mass is 9.84. The maximum atomic E-state index is 12.1. The molecule has 0 amide bonds. The summed E-state index contributed by atoms with van der Waals surface area (Å²) >= 11 is 0. The van der Waals surface area contributed by atoms with Crippen LogP contribution in [0, 0.1) is 23.2 Å². The molecule has 27 heavy (non-hydrogen) atoms. The number of rotatable bonds is 10. The third-order valence-corrected chi connectivity index (χ3v) is 4.75. The fraction of sp³-hybridized carbons (Fsp3) is 0.636. The summed E-state index contributed by atoms with van der Waals surface area (Å²) in [5.41, 5.74) is 0.448. The Balaban J connectivity index is 2.84. The van der Waals surface area contributed by atoms with Crippen molar-refractivity contribution in [3.63, 3.8) is 0 Å². The molecule has 1 aromatic carbocycles. The molecule has 5 nitrogen and oxygen atoms in total. The molecule has 1 aromatic rings. The standard InChI is InChI=1S/C22H34O5/c1-15(12-23)19(24)17(3)20(26-14-18-10-8-7-9-11-18)16(2)13-27-21(25)22(4,5)6/h7-12,15-17,19-20,24H,13-14H2,1-6H3/t15-,16-,17+,19-,20-/m0/s1. The average molecular weight is 379 g/mol. The van der Waals surface area contributed by atoms with Gasteiger partial charge in [-0.25, -0.2) is 0 Å². The molecule has 0 bridgehead atoms. The Kier molecular flexibility index (Phi) is 9.13. The van der Waals surface area contributed by atoms with E-state index in [2.05, 4.69) is 0 Å².